The van der Waals surface area contributed by atoms with Crippen LogP contribution in [0.2, 0.25) is 0 Å². The lowest BCUT2D eigenvalue weighted by molar-refractivity contribution is 0.104. The summed E-state index contributed by atoms with van der Waals surface area (Å²) in [7, 11) is 1.90. The highest BCUT2D eigenvalue weighted by molar-refractivity contribution is 6.28. The highest BCUT2D eigenvalue weighted by Gasteiger charge is 2.34. The Bertz CT molecular complexity index is 1380. The number of hydrogen-bond donors (Lipinski definition) is 1. The fourth-order valence-electron chi connectivity index (χ4n) is 5.05. The van der Waals surface area contributed by atoms with Crippen LogP contribution in [-0.4, -0.2) is 67.4 Å². The van der Waals surface area contributed by atoms with Gasteiger partial charge < -0.3 is 24.3 Å². The second kappa shape index (κ2) is 8.14. The van der Waals surface area contributed by atoms with E-state index < -0.39 is 0 Å². The third-order valence-electron chi connectivity index (χ3n) is 6.80. The molecule has 1 aliphatic heterocycles. The van der Waals surface area contributed by atoms with Crippen molar-refractivity contribution in [3.63, 3.8) is 0 Å². The van der Waals surface area contributed by atoms with Crippen LogP contribution < -0.4 is 14.7 Å². The molecule has 8 nitrogen and oxygen atoms in total. The largest absolute Gasteiger partial charge is 0.395 e. The first-order valence-corrected chi connectivity index (χ1v) is 11.5. The number of anilines is 3. The zero-order valence-corrected chi connectivity index (χ0v) is 18.9. The molecule has 0 atom stereocenters. The minimum atomic E-state index is -0.0392. The molecule has 8 heteroatoms. The van der Waals surface area contributed by atoms with Gasteiger partial charge in [-0.15, -0.1) is 0 Å². The summed E-state index contributed by atoms with van der Waals surface area (Å²) in [5.41, 5.74) is 4.42. The highest BCUT2D eigenvalue weighted by atomic mass is 16.5. The van der Waals surface area contributed by atoms with E-state index in [2.05, 4.69) is 19.9 Å². The predicted molar refractivity (Wildman–Crippen MR) is 132 cm³/mol. The van der Waals surface area contributed by atoms with Gasteiger partial charge in [0.25, 0.3) is 0 Å². The van der Waals surface area contributed by atoms with Crippen LogP contribution in [-0.2, 0) is 0 Å². The van der Waals surface area contributed by atoms with Crippen molar-refractivity contribution in [1.82, 2.24) is 10.1 Å². The average molecular weight is 456 g/mol. The van der Waals surface area contributed by atoms with Gasteiger partial charge in [-0.2, -0.15) is 0 Å². The third kappa shape index (κ3) is 3.13. The van der Waals surface area contributed by atoms with Gasteiger partial charge in [-0.1, -0.05) is 35.5 Å². The number of aliphatic hydroxyl groups excluding tert-OH is 1. The van der Waals surface area contributed by atoms with Crippen molar-refractivity contribution in [2.45, 2.75) is 0 Å². The Balaban J connectivity index is 1.46. The standard InChI is InChI=1S/C26H25N5O3/c1-29(14-15-32)19-16-20(30-10-12-31(13-11-30)21-8-4-5-9-27-21)24-23-22(19)25(33)17-6-2-3-7-18(17)26(23)34-28-24/h2-9,16,32H,10-15H2,1H3. The first-order valence-electron chi connectivity index (χ1n) is 11.5. The molecule has 2 aliphatic rings. The van der Waals surface area contributed by atoms with Gasteiger partial charge in [-0.25, -0.2) is 4.98 Å². The number of carbonyl (C=O) groups excluding carboxylic acids is 1. The Morgan fingerprint density at radius 1 is 1.03 bits per heavy atom. The molecule has 0 unspecified atom stereocenters. The van der Waals surface area contributed by atoms with Crippen LogP contribution in [0.15, 0.2) is 59.3 Å². The van der Waals surface area contributed by atoms with Crippen molar-refractivity contribution in [3.8, 4) is 11.3 Å². The number of fused-ring (bicyclic) bond motifs is 2. The zero-order valence-electron chi connectivity index (χ0n) is 18.9. The first kappa shape index (κ1) is 20.7. The molecule has 1 fully saturated rings. The van der Waals surface area contributed by atoms with Crippen LogP contribution in [0.4, 0.5) is 17.2 Å². The van der Waals surface area contributed by atoms with Crippen molar-refractivity contribution in [3.05, 3.63) is 65.9 Å². The Morgan fingerprint density at radius 3 is 2.50 bits per heavy atom. The van der Waals surface area contributed by atoms with E-state index in [0.717, 1.165) is 54.3 Å². The summed E-state index contributed by atoms with van der Waals surface area (Å²) in [5, 5.41) is 14.8. The van der Waals surface area contributed by atoms with Crippen LogP contribution in [0.5, 0.6) is 0 Å². The van der Waals surface area contributed by atoms with E-state index in [4.69, 9.17) is 4.52 Å². The number of rotatable bonds is 5. The summed E-state index contributed by atoms with van der Waals surface area (Å²) >= 11 is 0. The van der Waals surface area contributed by atoms with Crippen LogP contribution >= 0.6 is 0 Å². The topological polar surface area (TPSA) is 85.9 Å². The number of hydrogen-bond acceptors (Lipinski definition) is 8. The number of nitrogens with zero attached hydrogens (tertiary/aromatic N) is 5. The van der Waals surface area contributed by atoms with Crippen LogP contribution in [0.25, 0.3) is 22.2 Å². The summed E-state index contributed by atoms with van der Waals surface area (Å²) in [4.78, 5) is 24.6. The lowest BCUT2D eigenvalue weighted by Crippen LogP contribution is -2.47. The molecule has 0 bridgehead atoms. The molecule has 0 radical (unpaired) electrons. The summed E-state index contributed by atoms with van der Waals surface area (Å²) < 4.78 is 5.87. The minimum absolute atomic E-state index is 0.00662. The second-order valence-corrected chi connectivity index (χ2v) is 8.71. The molecule has 0 amide bonds. The van der Waals surface area contributed by atoms with Crippen LogP contribution in [0.3, 0.4) is 0 Å². The molecule has 3 heterocycles. The zero-order chi connectivity index (χ0) is 23.2. The monoisotopic (exact) mass is 455 g/mol. The Morgan fingerprint density at radius 2 is 1.76 bits per heavy atom. The third-order valence-corrected chi connectivity index (χ3v) is 6.80. The fourth-order valence-corrected chi connectivity index (χ4v) is 5.05. The molecule has 34 heavy (non-hydrogen) atoms. The van der Waals surface area contributed by atoms with E-state index in [-0.39, 0.29) is 12.4 Å². The normalized spacial score (nSPS) is 15.1. The van der Waals surface area contributed by atoms with E-state index in [0.29, 0.717) is 28.9 Å². The maximum absolute atomic E-state index is 13.6. The number of carbonyl (C=O) groups is 1. The van der Waals surface area contributed by atoms with Crippen molar-refractivity contribution in [2.75, 3.05) is 61.1 Å². The van der Waals surface area contributed by atoms with Crippen molar-refractivity contribution in [1.29, 1.82) is 0 Å². The smallest absolute Gasteiger partial charge is 0.196 e. The van der Waals surface area contributed by atoms with Gasteiger partial charge in [-0.3, -0.25) is 4.79 Å². The second-order valence-electron chi connectivity index (χ2n) is 8.71. The number of aromatic nitrogens is 2. The maximum atomic E-state index is 13.6. The highest BCUT2D eigenvalue weighted by Crippen LogP contribution is 2.46. The molecule has 0 spiro atoms. The van der Waals surface area contributed by atoms with E-state index in [1.165, 1.54) is 0 Å². The lowest BCUT2D eigenvalue weighted by Gasteiger charge is -2.37. The lowest BCUT2D eigenvalue weighted by atomic mass is 9.86. The fraction of sp³-hybridized carbons (Fsp3) is 0.269. The number of aliphatic hydroxyl groups is 1. The molecular weight excluding hydrogens is 430 g/mol. The summed E-state index contributed by atoms with van der Waals surface area (Å²) in [6.45, 7) is 3.65. The van der Waals surface area contributed by atoms with Gasteiger partial charge in [0.1, 0.15) is 11.3 Å². The Kier molecular flexibility index (Phi) is 4.95. The quantitative estimate of drug-likeness (QED) is 0.433. The number of ketones is 1. The first-order chi connectivity index (χ1) is 16.7. The molecule has 2 aromatic carbocycles. The van der Waals surface area contributed by atoms with Crippen molar-refractivity contribution in [2.24, 2.45) is 0 Å². The molecule has 2 aromatic heterocycles. The number of pyridine rings is 1. The summed E-state index contributed by atoms with van der Waals surface area (Å²) in [5.74, 6) is 1.57. The molecule has 1 N–H and O–H groups in total. The van der Waals surface area contributed by atoms with Gasteiger partial charge in [0.15, 0.2) is 11.5 Å². The van der Waals surface area contributed by atoms with Gasteiger partial charge in [0, 0.05) is 57.1 Å². The Labute approximate surface area is 197 Å². The summed E-state index contributed by atoms with van der Waals surface area (Å²) in [6.07, 6.45) is 1.82. The van der Waals surface area contributed by atoms with E-state index in [1.807, 2.05) is 66.7 Å². The summed E-state index contributed by atoms with van der Waals surface area (Å²) in [6, 6.07) is 15.5. The maximum Gasteiger partial charge on any atom is 0.196 e. The molecule has 4 aromatic rings. The molecule has 6 rings (SSSR count). The van der Waals surface area contributed by atoms with Crippen molar-refractivity contribution < 1.29 is 14.4 Å². The predicted octanol–water partition coefficient (Wildman–Crippen LogP) is 3.19. The van der Waals surface area contributed by atoms with Gasteiger partial charge >= 0.3 is 0 Å². The minimum Gasteiger partial charge on any atom is -0.395 e. The van der Waals surface area contributed by atoms with E-state index >= 15 is 0 Å². The van der Waals surface area contributed by atoms with Crippen LogP contribution in [0, 0.1) is 0 Å². The van der Waals surface area contributed by atoms with E-state index in [1.54, 1.807) is 0 Å². The van der Waals surface area contributed by atoms with Gasteiger partial charge in [0.2, 0.25) is 0 Å². The van der Waals surface area contributed by atoms with E-state index in [9.17, 15) is 9.90 Å². The molecular formula is C26H25N5O3. The molecule has 172 valence electrons. The average Bonchev–Trinajstić information content (AvgIpc) is 3.33. The number of likely N-dealkylation sites (N-methyl/N-ethyl adjacent to an activating group) is 1. The van der Waals surface area contributed by atoms with Gasteiger partial charge in [-0.05, 0) is 18.2 Å². The molecule has 0 saturated carbocycles. The van der Waals surface area contributed by atoms with Crippen molar-refractivity contribution >= 4 is 33.9 Å². The SMILES string of the molecule is CN(CCO)c1cc(N2CCN(c3ccccn3)CC2)c2noc3c2c1C(=O)c1ccccc1-3. The van der Waals surface area contributed by atoms with Gasteiger partial charge in [0.05, 0.1) is 28.9 Å². The number of piperazine rings is 1. The number of benzene rings is 2. The molecule has 1 aliphatic carbocycles. The molecule has 1 saturated heterocycles. The van der Waals surface area contributed by atoms with Crippen LogP contribution in [0.1, 0.15) is 15.9 Å². The Hall–Kier alpha value is -3.91.